The Morgan fingerprint density at radius 1 is 0.667 bits per heavy atom. The second-order valence-corrected chi connectivity index (χ2v) is 6.51. The smallest absolute Gasteiger partial charge is 0.183 e. The van der Waals surface area contributed by atoms with Gasteiger partial charge in [-0.2, -0.15) is 11.5 Å². The molecule has 2 aliphatic carbocycles. The van der Waals surface area contributed by atoms with Crippen molar-refractivity contribution in [3.63, 3.8) is 0 Å². The lowest BCUT2D eigenvalue weighted by atomic mass is 9.72. The van der Waals surface area contributed by atoms with Gasteiger partial charge in [-0.15, -0.1) is 0 Å². The van der Waals surface area contributed by atoms with E-state index >= 15 is 0 Å². The molecule has 0 atom stereocenters. The van der Waals surface area contributed by atoms with Crippen molar-refractivity contribution in [1.29, 1.82) is 0 Å². The Balaban J connectivity index is 1.71. The van der Waals surface area contributed by atoms with Crippen molar-refractivity contribution in [2.75, 3.05) is 0 Å². The van der Waals surface area contributed by atoms with E-state index in [9.17, 15) is 0 Å². The van der Waals surface area contributed by atoms with E-state index in [-0.39, 0.29) is 6.13 Å². The third-order valence-electron chi connectivity index (χ3n) is 4.43. The minimum absolute atomic E-state index is 0.105. The van der Waals surface area contributed by atoms with Gasteiger partial charge in [-0.25, -0.2) is 0 Å². The molecule has 18 heavy (non-hydrogen) atoms. The van der Waals surface area contributed by atoms with Crippen LogP contribution in [0.1, 0.15) is 64.2 Å². The summed E-state index contributed by atoms with van der Waals surface area (Å²) in [4.78, 5) is 0. The van der Waals surface area contributed by atoms with Gasteiger partial charge in [0.05, 0.1) is 0 Å². The highest BCUT2D eigenvalue weighted by Gasteiger charge is 2.12. The van der Waals surface area contributed by atoms with Crippen LogP contribution < -0.4 is 0 Å². The lowest BCUT2D eigenvalue weighted by Crippen LogP contribution is -2.06. The van der Waals surface area contributed by atoms with Crippen molar-refractivity contribution in [2.24, 2.45) is 11.8 Å². The van der Waals surface area contributed by atoms with Crippen LogP contribution in [0.3, 0.4) is 0 Å². The molecule has 0 heterocycles. The first-order valence-electron chi connectivity index (χ1n) is 7.85. The summed E-state index contributed by atoms with van der Waals surface area (Å²) in [5.74, 6) is 6.00. The molecule has 0 amide bonds. The van der Waals surface area contributed by atoms with E-state index < -0.39 is 0 Å². The molecule has 0 bridgehead atoms. The van der Waals surface area contributed by atoms with Gasteiger partial charge < -0.3 is 0 Å². The van der Waals surface area contributed by atoms with E-state index in [1.165, 1.54) is 64.2 Å². The standard InChI is InChI=1S/C16H26BCl/c18-17(13-11-15-7-3-1-4-8-15)14-12-16-9-5-2-6-10-16/h11-16H,1-10H2/b13-11+,14-12+. The Hall–Kier alpha value is -0.165. The van der Waals surface area contributed by atoms with Gasteiger partial charge in [-0.05, 0) is 37.5 Å². The Morgan fingerprint density at radius 2 is 1.06 bits per heavy atom. The second-order valence-electron chi connectivity index (χ2n) is 6.01. The average molecular weight is 265 g/mol. The van der Waals surface area contributed by atoms with Crippen LogP contribution in [0.15, 0.2) is 24.1 Å². The van der Waals surface area contributed by atoms with Gasteiger partial charge in [0.25, 0.3) is 6.13 Å². The zero-order chi connectivity index (χ0) is 12.6. The summed E-state index contributed by atoms with van der Waals surface area (Å²) in [6.45, 7) is 0. The van der Waals surface area contributed by atoms with Crippen molar-refractivity contribution in [3.8, 4) is 0 Å². The number of allylic oxidation sites excluding steroid dienone is 2. The first kappa shape index (κ1) is 14.2. The molecule has 0 aromatic carbocycles. The summed E-state index contributed by atoms with van der Waals surface area (Å²) in [5.41, 5.74) is 0. The van der Waals surface area contributed by atoms with Gasteiger partial charge in [-0.3, -0.25) is 0 Å². The molecule has 0 spiro atoms. The first-order valence-corrected chi connectivity index (χ1v) is 8.29. The molecule has 0 unspecified atom stereocenters. The van der Waals surface area contributed by atoms with Crippen LogP contribution in [0.4, 0.5) is 0 Å². The molecule has 2 rings (SSSR count). The van der Waals surface area contributed by atoms with E-state index in [4.69, 9.17) is 11.5 Å². The molecule has 2 saturated carbocycles. The molecule has 0 saturated heterocycles. The van der Waals surface area contributed by atoms with E-state index in [0.29, 0.717) is 0 Å². The molecule has 0 aromatic heterocycles. The maximum atomic E-state index is 6.35. The molecule has 2 aliphatic rings. The van der Waals surface area contributed by atoms with Gasteiger partial charge in [0.2, 0.25) is 0 Å². The summed E-state index contributed by atoms with van der Waals surface area (Å²) >= 11 is 6.35. The van der Waals surface area contributed by atoms with E-state index in [0.717, 1.165) is 11.8 Å². The predicted octanol–water partition coefficient (Wildman–Crippen LogP) is 5.57. The molecule has 100 valence electrons. The molecular formula is C16H26BCl. The van der Waals surface area contributed by atoms with Crippen LogP contribution in [-0.2, 0) is 0 Å². The van der Waals surface area contributed by atoms with Crippen molar-refractivity contribution in [1.82, 2.24) is 0 Å². The monoisotopic (exact) mass is 264 g/mol. The zero-order valence-corrected chi connectivity index (χ0v) is 12.2. The zero-order valence-electron chi connectivity index (χ0n) is 11.5. The summed E-state index contributed by atoms with van der Waals surface area (Å²) in [5, 5.41) is 0. The van der Waals surface area contributed by atoms with Gasteiger partial charge >= 0.3 is 0 Å². The van der Waals surface area contributed by atoms with Crippen LogP contribution in [0, 0.1) is 11.8 Å². The molecule has 0 aliphatic heterocycles. The number of halogens is 1. The fourth-order valence-electron chi connectivity index (χ4n) is 3.24. The Kier molecular flexibility index (Phi) is 6.41. The van der Waals surface area contributed by atoms with Crippen molar-refractivity contribution in [2.45, 2.75) is 64.2 Å². The lowest BCUT2D eigenvalue weighted by molar-refractivity contribution is 0.419. The predicted molar refractivity (Wildman–Crippen MR) is 83.0 cm³/mol. The van der Waals surface area contributed by atoms with Crippen LogP contribution in [0.25, 0.3) is 0 Å². The summed E-state index contributed by atoms with van der Waals surface area (Å²) in [6.07, 6.45) is 18.8. The number of hydrogen-bond donors (Lipinski definition) is 0. The van der Waals surface area contributed by atoms with Crippen molar-refractivity contribution >= 4 is 17.6 Å². The Labute approximate surface area is 118 Å². The van der Waals surface area contributed by atoms with Crippen LogP contribution >= 0.6 is 11.5 Å². The van der Waals surface area contributed by atoms with E-state index in [1.807, 2.05) is 0 Å². The minimum atomic E-state index is 0.105. The summed E-state index contributed by atoms with van der Waals surface area (Å²) < 4.78 is 0. The largest absolute Gasteiger partial charge is 0.300 e. The minimum Gasteiger partial charge on any atom is -0.183 e. The number of rotatable bonds is 4. The highest BCUT2D eigenvalue weighted by molar-refractivity contribution is 7.12. The third-order valence-corrected chi connectivity index (χ3v) is 4.72. The topological polar surface area (TPSA) is 0 Å². The van der Waals surface area contributed by atoms with E-state index in [2.05, 4.69) is 24.1 Å². The second kappa shape index (κ2) is 8.10. The molecule has 2 fully saturated rings. The average Bonchev–Trinajstić information content (AvgIpc) is 2.45. The number of hydrogen-bond acceptors (Lipinski definition) is 0. The van der Waals surface area contributed by atoms with Gasteiger partial charge in [0.1, 0.15) is 0 Å². The molecule has 0 aromatic rings. The van der Waals surface area contributed by atoms with Crippen LogP contribution in [0.2, 0.25) is 0 Å². The lowest BCUT2D eigenvalue weighted by Gasteiger charge is -2.18. The van der Waals surface area contributed by atoms with Gasteiger partial charge in [0, 0.05) is 0 Å². The fraction of sp³-hybridized carbons (Fsp3) is 0.750. The maximum absolute atomic E-state index is 6.35. The van der Waals surface area contributed by atoms with Crippen molar-refractivity contribution in [3.05, 3.63) is 24.1 Å². The van der Waals surface area contributed by atoms with Gasteiger partial charge in [0.15, 0.2) is 0 Å². The highest BCUT2D eigenvalue weighted by atomic mass is 35.5. The summed E-state index contributed by atoms with van der Waals surface area (Å²) in [6, 6.07) is 0. The normalized spacial score (nSPS) is 24.1. The van der Waals surface area contributed by atoms with Crippen molar-refractivity contribution < 1.29 is 0 Å². The molecule has 0 N–H and O–H groups in total. The highest BCUT2D eigenvalue weighted by Crippen LogP contribution is 2.26. The SMILES string of the molecule is ClB(/C=C/C1CCCCC1)/C=C/C1CCCCC1. The van der Waals surface area contributed by atoms with Crippen LogP contribution in [0.5, 0.6) is 0 Å². The fourth-order valence-corrected chi connectivity index (χ4v) is 3.41. The molecule has 0 radical (unpaired) electrons. The molecule has 2 heteroatoms. The molecule has 0 nitrogen and oxygen atoms in total. The first-order chi connectivity index (χ1) is 8.84. The quantitative estimate of drug-likeness (QED) is 0.583. The van der Waals surface area contributed by atoms with E-state index in [1.54, 1.807) is 0 Å². The Morgan fingerprint density at radius 3 is 1.44 bits per heavy atom. The maximum Gasteiger partial charge on any atom is 0.300 e. The van der Waals surface area contributed by atoms with Crippen LogP contribution in [-0.4, -0.2) is 6.13 Å². The summed E-state index contributed by atoms with van der Waals surface area (Å²) in [7, 11) is 0. The third kappa shape index (κ3) is 5.22. The molecular weight excluding hydrogens is 238 g/mol. The van der Waals surface area contributed by atoms with Gasteiger partial charge in [-0.1, -0.05) is 62.6 Å². The Bertz CT molecular complexity index is 245.